The second kappa shape index (κ2) is 3.73. The van der Waals surface area contributed by atoms with Gasteiger partial charge in [-0.15, -0.1) is 0 Å². The second-order valence-electron chi connectivity index (χ2n) is 5.84. The Morgan fingerprint density at radius 1 is 1.00 bits per heavy atom. The van der Waals surface area contributed by atoms with Crippen LogP contribution in [-0.2, 0) is 12.8 Å². The van der Waals surface area contributed by atoms with Crippen molar-refractivity contribution in [1.29, 1.82) is 0 Å². The molecule has 0 heterocycles. The molecular weight excluding hydrogens is 204 g/mol. The molecule has 0 bridgehead atoms. The fourth-order valence-corrected chi connectivity index (χ4v) is 3.46. The highest BCUT2D eigenvalue weighted by molar-refractivity contribution is 5.70. The van der Waals surface area contributed by atoms with Crippen LogP contribution >= 0.6 is 0 Å². The van der Waals surface area contributed by atoms with Crippen LogP contribution in [0.15, 0.2) is 17.7 Å². The number of rotatable bonds is 2. The molecule has 0 unspecified atom stereocenters. The summed E-state index contributed by atoms with van der Waals surface area (Å²) in [5.74, 6) is 0. The van der Waals surface area contributed by atoms with Crippen LogP contribution in [0, 0.1) is 11.8 Å². The molecule has 0 saturated carbocycles. The molecule has 1 aromatic rings. The molecule has 17 heavy (non-hydrogen) atoms. The van der Waals surface area contributed by atoms with Crippen molar-refractivity contribution >= 4 is 6.08 Å². The van der Waals surface area contributed by atoms with Crippen LogP contribution in [0.4, 0.5) is 0 Å². The maximum atomic E-state index is 2.44. The van der Waals surface area contributed by atoms with Crippen LogP contribution in [0.5, 0.6) is 0 Å². The highest BCUT2D eigenvalue weighted by atomic mass is 14.4. The molecule has 1 aromatic carbocycles. The fraction of sp³-hybridized carbons (Fsp3) is 0.471. The lowest BCUT2D eigenvalue weighted by Crippen LogP contribution is -2.18. The summed E-state index contributed by atoms with van der Waals surface area (Å²) in [6, 6.07) is 4.87. The predicted octanol–water partition coefficient (Wildman–Crippen LogP) is 4.56. The smallest absolute Gasteiger partial charge is 0.0161 e. The van der Waals surface area contributed by atoms with Crippen molar-refractivity contribution in [3.63, 3.8) is 0 Å². The average Bonchev–Trinajstić information content (AvgIpc) is 2.84. The first-order valence-electron chi connectivity index (χ1n) is 6.84. The molecule has 0 saturated heterocycles. The van der Waals surface area contributed by atoms with Crippen LogP contribution in [0.25, 0.3) is 6.08 Å². The Morgan fingerprint density at radius 2 is 1.59 bits per heavy atom. The SMILES string of the molecule is CCC1(CC)Cc2cc3c(cc2C1)C=C(C)[CH]3. The summed E-state index contributed by atoms with van der Waals surface area (Å²) < 4.78 is 0. The van der Waals surface area contributed by atoms with Gasteiger partial charge < -0.3 is 0 Å². The molecule has 0 aliphatic heterocycles. The van der Waals surface area contributed by atoms with E-state index in [2.05, 4.69) is 45.4 Å². The third kappa shape index (κ3) is 1.66. The topological polar surface area (TPSA) is 0 Å². The summed E-state index contributed by atoms with van der Waals surface area (Å²) in [6.07, 6.45) is 9.81. The van der Waals surface area contributed by atoms with Crippen molar-refractivity contribution in [2.45, 2.75) is 46.5 Å². The molecular formula is C17H21. The van der Waals surface area contributed by atoms with Gasteiger partial charge >= 0.3 is 0 Å². The molecule has 2 aliphatic carbocycles. The van der Waals surface area contributed by atoms with E-state index in [4.69, 9.17) is 0 Å². The summed E-state index contributed by atoms with van der Waals surface area (Å²) >= 11 is 0. The first-order chi connectivity index (χ1) is 8.15. The predicted molar refractivity (Wildman–Crippen MR) is 73.9 cm³/mol. The van der Waals surface area contributed by atoms with E-state index in [9.17, 15) is 0 Å². The minimum Gasteiger partial charge on any atom is -0.0648 e. The Morgan fingerprint density at radius 3 is 2.18 bits per heavy atom. The molecule has 0 fully saturated rings. The molecule has 89 valence electrons. The summed E-state index contributed by atoms with van der Waals surface area (Å²) in [5.41, 5.74) is 8.02. The number of hydrogen-bond donors (Lipinski definition) is 0. The Balaban J connectivity index is 2.00. The summed E-state index contributed by atoms with van der Waals surface area (Å²) in [6.45, 7) is 6.88. The Labute approximate surface area is 105 Å². The van der Waals surface area contributed by atoms with E-state index in [1.165, 1.54) is 42.4 Å². The van der Waals surface area contributed by atoms with Crippen LogP contribution in [0.1, 0.15) is 55.9 Å². The Kier molecular flexibility index (Phi) is 2.43. The first-order valence-corrected chi connectivity index (χ1v) is 6.84. The van der Waals surface area contributed by atoms with Gasteiger partial charge in [0, 0.05) is 6.42 Å². The summed E-state index contributed by atoms with van der Waals surface area (Å²) in [4.78, 5) is 0. The largest absolute Gasteiger partial charge is 0.0648 e. The van der Waals surface area contributed by atoms with Gasteiger partial charge in [-0.3, -0.25) is 0 Å². The minimum absolute atomic E-state index is 0.552. The molecule has 0 nitrogen and oxygen atoms in total. The van der Waals surface area contributed by atoms with E-state index in [1.807, 2.05) is 0 Å². The van der Waals surface area contributed by atoms with Crippen LogP contribution in [0.3, 0.4) is 0 Å². The number of benzene rings is 1. The van der Waals surface area contributed by atoms with E-state index in [-0.39, 0.29) is 0 Å². The fourth-order valence-electron chi connectivity index (χ4n) is 3.46. The normalized spacial score (nSPS) is 20.1. The number of hydrogen-bond acceptors (Lipinski definition) is 0. The van der Waals surface area contributed by atoms with Gasteiger partial charge in [-0.2, -0.15) is 0 Å². The first kappa shape index (κ1) is 11.1. The standard InChI is InChI=1S/C17H21/c1-4-17(5-2)10-15-8-13-6-12(3)7-14(13)9-16(15)11-17/h6-9H,4-5,10-11H2,1-3H3. The minimum atomic E-state index is 0.552. The molecule has 0 atom stereocenters. The van der Waals surface area contributed by atoms with Crippen LogP contribution < -0.4 is 0 Å². The molecule has 0 spiro atoms. The lowest BCUT2D eigenvalue weighted by molar-refractivity contribution is 0.280. The number of allylic oxidation sites excluding steroid dienone is 1. The van der Waals surface area contributed by atoms with Crippen molar-refractivity contribution in [1.82, 2.24) is 0 Å². The lowest BCUT2D eigenvalue weighted by Gasteiger charge is -2.25. The van der Waals surface area contributed by atoms with Gasteiger partial charge in [-0.05, 0) is 60.3 Å². The van der Waals surface area contributed by atoms with Gasteiger partial charge in [-0.1, -0.05) is 37.6 Å². The van der Waals surface area contributed by atoms with Gasteiger partial charge in [-0.25, -0.2) is 0 Å². The molecule has 0 N–H and O–H groups in total. The van der Waals surface area contributed by atoms with Crippen molar-refractivity contribution in [2.24, 2.45) is 5.41 Å². The van der Waals surface area contributed by atoms with Crippen LogP contribution in [-0.4, -0.2) is 0 Å². The van der Waals surface area contributed by atoms with Gasteiger partial charge in [0.05, 0.1) is 0 Å². The van der Waals surface area contributed by atoms with Gasteiger partial charge in [0.2, 0.25) is 0 Å². The quantitative estimate of drug-likeness (QED) is 0.692. The molecule has 2 aliphatic rings. The Bertz CT molecular complexity index is 487. The molecule has 0 aromatic heterocycles. The van der Waals surface area contributed by atoms with Crippen molar-refractivity contribution < 1.29 is 0 Å². The van der Waals surface area contributed by atoms with E-state index in [0.29, 0.717) is 5.41 Å². The maximum absolute atomic E-state index is 2.44. The monoisotopic (exact) mass is 225 g/mol. The third-order valence-corrected chi connectivity index (χ3v) is 4.80. The second-order valence-corrected chi connectivity index (χ2v) is 5.84. The van der Waals surface area contributed by atoms with Gasteiger partial charge in [0.25, 0.3) is 0 Å². The van der Waals surface area contributed by atoms with Gasteiger partial charge in [0.1, 0.15) is 0 Å². The third-order valence-electron chi connectivity index (χ3n) is 4.80. The van der Waals surface area contributed by atoms with E-state index >= 15 is 0 Å². The van der Waals surface area contributed by atoms with Crippen molar-refractivity contribution in [3.8, 4) is 0 Å². The maximum Gasteiger partial charge on any atom is 0.0161 e. The lowest BCUT2D eigenvalue weighted by atomic mass is 9.80. The summed E-state index contributed by atoms with van der Waals surface area (Å²) in [7, 11) is 0. The molecule has 0 heteroatoms. The zero-order chi connectivity index (χ0) is 12.0. The zero-order valence-corrected chi connectivity index (χ0v) is 11.1. The van der Waals surface area contributed by atoms with Crippen molar-refractivity contribution in [3.05, 3.63) is 46.4 Å². The van der Waals surface area contributed by atoms with Gasteiger partial charge in [0.15, 0.2) is 0 Å². The molecule has 1 radical (unpaired) electrons. The summed E-state index contributed by atoms with van der Waals surface area (Å²) in [5, 5.41) is 0. The van der Waals surface area contributed by atoms with Crippen molar-refractivity contribution in [2.75, 3.05) is 0 Å². The van der Waals surface area contributed by atoms with Crippen LogP contribution in [0.2, 0.25) is 0 Å². The highest BCUT2D eigenvalue weighted by Crippen LogP contribution is 2.44. The van der Waals surface area contributed by atoms with E-state index in [0.717, 1.165) is 0 Å². The van der Waals surface area contributed by atoms with E-state index < -0.39 is 0 Å². The highest BCUT2D eigenvalue weighted by Gasteiger charge is 2.34. The number of fused-ring (bicyclic) bond motifs is 2. The Hall–Kier alpha value is -1.04. The zero-order valence-electron chi connectivity index (χ0n) is 11.1. The average molecular weight is 225 g/mol. The van der Waals surface area contributed by atoms with E-state index in [1.54, 1.807) is 11.1 Å². The molecule has 3 rings (SSSR count). The molecule has 0 amide bonds.